The van der Waals surface area contributed by atoms with Crippen LogP contribution in [0.2, 0.25) is 0 Å². The third-order valence-corrected chi connectivity index (χ3v) is 9.09. The quantitative estimate of drug-likeness (QED) is 0.555. The molecular formula is C24H37NO3. The number of carbonyl (C=O) groups excluding carboxylic acids is 2. The van der Waals surface area contributed by atoms with Crippen LogP contribution in [0.5, 0.6) is 0 Å². The SMILES string of the molecule is CC(=O)NC1C(C)CC2C3CC=C4CC(OC(C)=O)CCC4(C)C3CCC21C. The van der Waals surface area contributed by atoms with Gasteiger partial charge in [-0.15, -0.1) is 0 Å². The van der Waals surface area contributed by atoms with Gasteiger partial charge in [-0.05, 0) is 73.0 Å². The van der Waals surface area contributed by atoms with Crippen LogP contribution in [-0.4, -0.2) is 24.0 Å². The van der Waals surface area contributed by atoms with Crippen LogP contribution >= 0.6 is 0 Å². The Hall–Kier alpha value is -1.32. The lowest BCUT2D eigenvalue weighted by atomic mass is 9.48. The smallest absolute Gasteiger partial charge is 0.302 e. The fraction of sp³-hybridized carbons (Fsp3) is 0.833. The van der Waals surface area contributed by atoms with Crippen molar-refractivity contribution in [3.63, 3.8) is 0 Å². The molecule has 0 radical (unpaired) electrons. The minimum Gasteiger partial charge on any atom is -0.462 e. The first-order valence-corrected chi connectivity index (χ1v) is 11.3. The van der Waals surface area contributed by atoms with Gasteiger partial charge in [-0.2, -0.15) is 0 Å². The van der Waals surface area contributed by atoms with Crippen molar-refractivity contribution in [2.45, 2.75) is 91.7 Å². The highest BCUT2D eigenvalue weighted by Crippen LogP contribution is 2.65. The molecule has 0 aromatic rings. The van der Waals surface area contributed by atoms with Gasteiger partial charge in [-0.3, -0.25) is 9.59 Å². The van der Waals surface area contributed by atoms with Crippen LogP contribution in [0.4, 0.5) is 0 Å². The molecule has 0 aliphatic heterocycles. The maximum atomic E-state index is 11.8. The molecule has 8 atom stereocenters. The van der Waals surface area contributed by atoms with Gasteiger partial charge in [0.2, 0.25) is 5.91 Å². The summed E-state index contributed by atoms with van der Waals surface area (Å²) in [5, 5.41) is 3.31. The lowest BCUT2D eigenvalue weighted by Crippen LogP contribution is -2.54. The summed E-state index contributed by atoms with van der Waals surface area (Å²) in [6.07, 6.45) is 10.5. The number of nitrogens with one attached hydrogen (secondary N) is 1. The Bertz CT molecular complexity index is 700. The Balaban J connectivity index is 1.58. The molecule has 3 fully saturated rings. The third kappa shape index (κ3) is 3.02. The average Bonchev–Trinajstić information content (AvgIpc) is 2.85. The van der Waals surface area contributed by atoms with Gasteiger partial charge in [0, 0.05) is 26.3 Å². The first kappa shape index (κ1) is 20.0. The van der Waals surface area contributed by atoms with Crippen molar-refractivity contribution in [3.05, 3.63) is 11.6 Å². The van der Waals surface area contributed by atoms with E-state index in [0.717, 1.165) is 37.5 Å². The van der Waals surface area contributed by atoms with Crippen LogP contribution in [0.15, 0.2) is 11.6 Å². The lowest BCUT2D eigenvalue weighted by molar-refractivity contribution is -0.148. The van der Waals surface area contributed by atoms with Crippen molar-refractivity contribution in [1.29, 1.82) is 0 Å². The number of amides is 1. The first-order valence-electron chi connectivity index (χ1n) is 11.3. The average molecular weight is 388 g/mol. The molecule has 8 unspecified atom stereocenters. The molecule has 0 heterocycles. The van der Waals surface area contributed by atoms with E-state index in [1.165, 1.54) is 26.2 Å². The molecule has 4 rings (SSSR count). The number of fused-ring (bicyclic) bond motifs is 5. The molecule has 0 aromatic heterocycles. The Kier molecular flexibility index (Phi) is 4.91. The summed E-state index contributed by atoms with van der Waals surface area (Å²) in [6.45, 7) is 10.4. The Morgan fingerprint density at radius 1 is 1.14 bits per heavy atom. The molecule has 4 heteroatoms. The maximum Gasteiger partial charge on any atom is 0.302 e. The van der Waals surface area contributed by atoms with Crippen LogP contribution in [0, 0.1) is 34.5 Å². The van der Waals surface area contributed by atoms with E-state index in [2.05, 4.69) is 32.2 Å². The number of carbonyl (C=O) groups is 2. The maximum absolute atomic E-state index is 11.8. The van der Waals surface area contributed by atoms with E-state index in [1.807, 2.05) is 0 Å². The van der Waals surface area contributed by atoms with Crippen molar-refractivity contribution < 1.29 is 14.3 Å². The highest BCUT2D eigenvalue weighted by Gasteiger charge is 2.60. The van der Waals surface area contributed by atoms with Gasteiger partial charge in [0.05, 0.1) is 0 Å². The molecule has 0 bridgehead atoms. The zero-order chi connectivity index (χ0) is 20.3. The summed E-state index contributed by atoms with van der Waals surface area (Å²) in [7, 11) is 0. The highest BCUT2D eigenvalue weighted by molar-refractivity contribution is 5.73. The van der Waals surface area contributed by atoms with E-state index < -0.39 is 0 Å². The first-order chi connectivity index (χ1) is 13.1. The van der Waals surface area contributed by atoms with E-state index in [4.69, 9.17) is 4.74 Å². The molecule has 4 nitrogen and oxygen atoms in total. The summed E-state index contributed by atoms with van der Waals surface area (Å²) in [5.74, 6) is 2.66. The fourth-order valence-electron chi connectivity index (χ4n) is 7.85. The van der Waals surface area contributed by atoms with E-state index in [1.54, 1.807) is 12.5 Å². The summed E-state index contributed by atoms with van der Waals surface area (Å²) in [4.78, 5) is 23.2. The van der Waals surface area contributed by atoms with E-state index in [-0.39, 0.29) is 28.8 Å². The normalized spacial score (nSPS) is 47.2. The van der Waals surface area contributed by atoms with Crippen molar-refractivity contribution in [1.82, 2.24) is 5.32 Å². The Labute approximate surface area is 169 Å². The number of esters is 1. The van der Waals surface area contributed by atoms with Gasteiger partial charge < -0.3 is 10.1 Å². The van der Waals surface area contributed by atoms with Crippen molar-refractivity contribution in [2.75, 3.05) is 0 Å². The fourth-order valence-corrected chi connectivity index (χ4v) is 7.85. The molecule has 1 N–H and O–H groups in total. The Morgan fingerprint density at radius 3 is 2.57 bits per heavy atom. The third-order valence-electron chi connectivity index (χ3n) is 9.09. The van der Waals surface area contributed by atoms with Crippen LogP contribution < -0.4 is 5.32 Å². The summed E-state index contributed by atoms with van der Waals surface area (Å²) in [5.41, 5.74) is 2.03. The van der Waals surface area contributed by atoms with E-state index in [9.17, 15) is 9.59 Å². The van der Waals surface area contributed by atoms with E-state index in [0.29, 0.717) is 17.9 Å². The monoisotopic (exact) mass is 387 g/mol. The minimum atomic E-state index is -0.153. The van der Waals surface area contributed by atoms with Crippen molar-refractivity contribution in [3.8, 4) is 0 Å². The molecule has 0 aromatic carbocycles. The molecule has 4 aliphatic rings. The van der Waals surface area contributed by atoms with Gasteiger partial charge in [-0.25, -0.2) is 0 Å². The topological polar surface area (TPSA) is 55.4 Å². The molecule has 156 valence electrons. The second-order valence-corrected chi connectivity index (χ2v) is 10.7. The zero-order valence-corrected chi connectivity index (χ0v) is 18.2. The van der Waals surface area contributed by atoms with E-state index >= 15 is 0 Å². The molecule has 4 aliphatic carbocycles. The molecule has 28 heavy (non-hydrogen) atoms. The standard InChI is InChI=1S/C24H37NO3/c1-14-12-21-19-7-6-17-13-18(28-16(3)27)8-10-23(17,4)20(19)9-11-24(21,5)22(14)25-15(2)26/h6,14,18-22H,7-13H2,1-5H3,(H,25,26). The lowest BCUT2D eigenvalue weighted by Gasteiger charge is -2.58. The number of allylic oxidation sites excluding steroid dienone is 1. The van der Waals surface area contributed by atoms with Crippen molar-refractivity contribution in [2.24, 2.45) is 34.5 Å². The summed E-state index contributed by atoms with van der Waals surface area (Å²) in [6, 6.07) is 0.314. The molecule has 0 saturated heterocycles. The number of hydrogen-bond donors (Lipinski definition) is 1. The zero-order valence-electron chi connectivity index (χ0n) is 18.2. The number of ether oxygens (including phenoxy) is 1. The molecule has 3 saturated carbocycles. The van der Waals surface area contributed by atoms with Crippen LogP contribution in [0.25, 0.3) is 0 Å². The van der Waals surface area contributed by atoms with Gasteiger partial charge in [0.25, 0.3) is 0 Å². The van der Waals surface area contributed by atoms with Crippen molar-refractivity contribution >= 4 is 11.9 Å². The van der Waals surface area contributed by atoms with Gasteiger partial charge >= 0.3 is 5.97 Å². The second kappa shape index (κ2) is 6.88. The van der Waals surface area contributed by atoms with Gasteiger partial charge in [0.1, 0.15) is 6.10 Å². The minimum absolute atomic E-state index is 0.0675. The van der Waals surface area contributed by atoms with Gasteiger partial charge in [-0.1, -0.05) is 32.4 Å². The Morgan fingerprint density at radius 2 is 1.89 bits per heavy atom. The highest BCUT2D eigenvalue weighted by atomic mass is 16.5. The number of rotatable bonds is 2. The number of hydrogen-bond acceptors (Lipinski definition) is 3. The summed E-state index contributed by atoms with van der Waals surface area (Å²) >= 11 is 0. The van der Waals surface area contributed by atoms with Gasteiger partial charge in [0.15, 0.2) is 0 Å². The second-order valence-electron chi connectivity index (χ2n) is 10.7. The summed E-state index contributed by atoms with van der Waals surface area (Å²) < 4.78 is 5.55. The largest absolute Gasteiger partial charge is 0.462 e. The van der Waals surface area contributed by atoms with Crippen LogP contribution in [0.3, 0.4) is 0 Å². The van der Waals surface area contributed by atoms with Crippen LogP contribution in [-0.2, 0) is 14.3 Å². The molecular weight excluding hydrogens is 350 g/mol. The predicted octanol–water partition coefficient (Wildman–Crippen LogP) is 4.63. The molecule has 1 amide bonds. The van der Waals surface area contributed by atoms with Crippen LogP contribution in [0.1, 0.15) is 79.6 Å². The predicted molar refractivity (Wildman–Crippen MR) is 109 cm³/mol. The molecule has 0 spiro atoms.